The molecule has 6 nitrogen and oxygen atoms in total. The molecule has 2 amide bonds. The molecular formula is C12H14N4O2S. The molecule has 3 N–H and O–H groups in total. The lowest BCUT2D eigenvalue weighted by Crippen LogP contribution is -2.32. The van der Waals surface area contributed by atoms with E-state index in [9.17, 15) is 9.59 Å². The van der Waals surface area contributed by atoms with E-state index in [0.29, 0.717) is 10.7 Å². The van der Waals surface area contributed by atoms with E-state index >= 15 is 0 Å². The number of aromatic nitrogens is 2. The van der Waals surface area contributed by atoms with Crippen molar-refractivity contribution in [3.8, 4) is 0 Å². The van der Waals surface area contributed by atoms with Crippen LogP contribution in [0.4, 0.5) is 5.82 Å². The molecular weight excluding hydrogens is 264 g/mol. The van der Waals surface area contributed by atoms with Gasteiger partial charge in [0.25, 0.3) is 5.91 Å². The van der Waals surface area contributed by atoms with Gasteiger partial charge in [0.1, 0.15) is 5.82 Å². The highest BCUT2D eigenvalue weighted by atomic mass is 32.1. The van der Waals surface area contributed by atoms with Gasteiger partial charge in [-0.05, 0) is 17.9 Å². The largest absolute Gasteiger partial charge is 0.342 e. The van der Waals surface area contributed by atoms with Crippen molar-refractivity contribution < 1.29 is 9.59 Å². The number of amides is 2. The molecule has 0 spiro atoms. The summed E-state index contributed by atoms with van der Waals surface area (Å²) in [6, 6.07) is 3.50. The summed E-state index contributed by atoms with van der Waals surface area (Å²) in [5.41, 5.74) is 0.929. The highest BCUT2D eigenvalue weighted by Gasteiger charge is 2.10. The zero-order chi connectivity index (χ0) is 13.7. The first kappa shape index (κ1) is 13.3. The van der Waals surface area contributed by atoms with Gasteiger partial charge >= 0.3 is 0 Å². The third-order valence-corrected chi connectivity index (χ3v) is 3.39. The lowest BCUT2D eigenvalue weighted by atomic mass is 10.2. The van der Waals surface area contributed by atoms with Crippen molar-refractivity contribution in [2.24, 2.45) is 0 Å². The smallest absolute Gasteiger partial charge is 0.261 e. The maximum atomic E-state index is 11.7. The third-order valence-electron chi connectivity index (χ3n) is 2.52. The molecule has 0 aromatic carbocycles. The van der Waals surface area contributed by atoms with E-state index in [0.717, 1.165) is 12.0 Å². The van der Waals surface area contributed by atoms with Crippen molar-refractivity contribution in [1.29, 1.82) is 0 Å². The third kappa shape index (κ3) is 3.41. The molecule has 2 rings (SSSR count). The van der Waals surface area contributed by atoms with Gasteiger partial charge in [-0.3, -0.25) is 14.7 Å². The topological polar surface area (TPSA) is 86.9 Å². The molecule has 2 heterocycles. The number of thiophene rings is 1. The normalized spacial score (nSPS) is 10.2. The Hall–Kier alpha value is -2.15. The fourth-order valence-electron chi connectivity index (χ4n) is 1.53. The first-order chi connectivity index (χ1) is 9.20. The summed E-state index contributed by atoms with van der Waals surface area (Å²) >= 11 is 1.33. The second-order valence-corrected chi connectivity index (χ2v) is 4.78. The van der Waals surface area contributed by atoms with Crippen LogP contribution < -0.4 is 10.6 Å². The number of carbonyl (C=O) groups excluding carboxylic acids is 2. The average molecular weight is 278 g/mol. The van der Waals surface area contributed by atoms with Gasteiger partial charge in [0.2, 0.25) is 5.91 Å². The molecule has 0 bridgehead atoms. The lowest BCUT2D eigenvalue weighted by molar-refractivity contribution is -0.115. The fourth-order valence-corrected chi connectivity index (χ4v) is 2.17. The molecule has 0 fully saturated rings. The summed E-state index contributed by atoms with van der Waals surface area (Å²) in [5, 5.41) is 13.6. The van der Waals surface area contributed by atoms with Crippen molar-refractivity contribution in [1.82, 2.24) is 15.5 Å². The minimum atomic E-state index is -0.288. The molecule has 0 saturated carbocycles. The summed E-state index contributed by atoms with van der Waals surface area (Å²) < 4.78 is 0. The Morgan fingerprint density at radius 1 is 1.47 bits per heavy atom. The molecule has 0 aliphatic carbocycles. The van der Waals surface area contributed by atoms with E-state index < -0.39 is 0 Å². The Balaban J connectivity index is 1.84. The molecule has 2 aromatic rings. The highest BCUT2D eigenvalue weighted by Crippen LogP contribution is 2.11. The molecule has 100 valence electrons. The van der Waals surface area contributed by atoms with E-state index in [2.05, 4.69) is 20.8 Å². The first-order valence-electron chi connectivity index (χ1n) is 5.84. The van der Waals surface area contributed by atoms with Gasteiger partial charge in [0, 0.05) is 5.56 Å². The molecule has 2 aromatic heterocycles. The van der Waals surface area contributed by atoms with Gasteiger partial charge in [-0.1, -0.05) is 13.0 Å². The summed E-state index contributed by atoms with van der Waals surface area (Å²) in [4.78, 5) is 23.9. The number of rotatable bonds is 5. The van der Waals surface area contributed by atoms with Crippen LogP contribution in [0.25, 0.3) is 0 Å². The average Bonchev–Trinajstić information content (AvgIpc) is 3.06. The number of nitrogens with one attached hydrogen (secondary N) is 3. The quantitative estimate of drug-likeness (QED) is 0.772. The van der Waals surface area contributed by atoms with Gasteiger partial charge < -0.3 is 10.6 Å². The second kappa shape index (κ2) is 6.14. The zero-order valence-electron chi connectivity index (χ0n) is 10.4. The van der Waals surface area contributed by atoms with Crippen molar-refractivity contribution in [3.63, 3.8) is 0 Å². The van der Waals surface area contributed by atoms with Gasteiger partial charge in [-0.25, -0.2) is 0 Å². The van der Waals surface area contributed by atoms with Crippen molar-refractivity contribution in [2.75, 3.05) is 11.9 Å². The maximum Gasteiger partial charge on any atom is 0.261 e. The number of anilines is 1. The van der Waals surface area contributed by atoms with Gasteiger partial charge in [-0.2, -0.15) is 5.10 Å². The number of hydrogen-bond acceptors (Lipinski definition) is 4. The highest BCUT2D eigenvalue weighted by molar-refractivity contribution is 7.12. The molecule has 0 aliphatic heterocycles. The van der Waals surface area contributed by atoms with Crippen LogP contribution >= 0.6 is 11.3 Å². The maximum absolute atomic E-state index is 11.7. The van der Waals surface area contributed by atoms with Crippen molar-refractivity contribution in [2.45, 2.75) is 13.3 Å². The summed E-state index contributed by atoms with van der Waals surface area (Å²) in [5.74, 6) is 0.0483. The van der Waals surface area contributed by atoms with E-state index in [1.807, 2.05) is 12.3 Å². The van der Waals surface area contributed by atoms with Crippen LogP contribution in [0, 0.1) is 0 Å². The number of carbonyl (C=O) groups is 2. The molecule has 0 unspecified atom stereocenters. The Morgan fingerprint density at radius 3 is 3.00 bits per heavy atom. The summed E-state index contributed by atoms with van der Waals surface area (Å²) in [7, 11) is 0. The van der Waals surface area contributed by atoms with Crippen LogP contribution in [0.1, 0.15) is 22.2 Å². The van der Waals surface area contributed by atoms with E-state index in [4.69, 9.17) is 0 Å². The fraction of sp³-hybridized carbons (Fsp3) is 0.250. The molecule has 0 aliphatic rings. The molecule has 19 heavy (non-hydrogen) atoms. The predicted molar refractivity (Wildman–Crippen MR) is 73.2 cm³/mol. The van der Waals surface area contributed by atoms with Gasteiger partial charge in [-0.15, -0.1) is 11.3 Å². The van der Waals surface area contributed by atoms with E-state index in [1.165, 1.54) is 11.3 Å². The molecule has 0 saturated heterocycles. The minimum absolute atomic E-state index is 0.0705. The van der Waals surface area contributed by atoms with Crippen LogP contribution in [-0.4, -0.2) is 28.6 Å². The van der Waals surface area contributed by atoms with Crippen LogP contribution in [0.2, 0.25) is 0 Å². The number of hydrogen-bond donors (Lipinski definition) is 3. The second-order valence-electron chi connectivity index (χ2n) is 3.83. The Labute approximate surface area is 114 Å². The van der Waals surface area contributed by atoms with Gasteiger partial charge in [0.05, 0.1) is 17.6 Å². The standard InChI is InChI=1S/C12H14N4O2S/c1-2-8-6-14-16-11(8)15-10(17)7-13-12(18)9-4-3-5-19-9/h3-6H,2,7H2,1H3,(H,13,18)(H2,14,15,16,17). The first-order valence-corrected chi connectivity index (χ1v) is 6.72. The van der Waals surface area contributed by atoms with Crippen LogP contribution in [0.5, 0.6) is 0 Å². The summed E-state index contributed by atoms with van der Waals surface area (Å²) in [6.07, 6.45) is 2.44. The van der Waals surface area contributed by atoms with Crippen LogP contribution in [-0.2, 0) is 11.2 Å². The lowest BCUT2D eigenvalue weighted by Gasteiger charge is -2.05. The number of nitrogens with zero attached hydrogens (tertiary/aromatic N) is 1. The van der Waals surface area contributed by atoms with Crippen LogP contribution in [0.15, 0.2) is 23.7 Å². The summed E-state index contributed by atoms with van der Waals surface area (Å²) in [6.45, 7) is 1.90. The molecule has 7 heteroatoms. The van der Waals surface area contributed by atoms with Crippen LogP contribution in [0.3, 0.4) is 0 Å². The number of H-pyrrole nitrogens is 1. The van der Waals surface area contributed by atoms with E-state index in [-0.39, 0.29) is 18.4 Å². The Morgan fingerprint density at radius 2 is 2.32 bits per heavy atom. The minimum Gasteiger partial charge on any atom is -0.342 e. The van der Waals surface area contributed by atoms with Crippen molar-refractivity contribution in [3.05, 3.63) is 34.2 Å². The SMILES string of the molecule is CCc1cn[nH]c1NC(=O)CNC(=O)c1cccs1. The van der Waals surface area contributed by atoms with Gasteiger partial charge in [0.15, 0.2) is 0 Å². The zero-order valence-corrected chi connectivity index (χ0v) is 11.2. The number of aryl methyl sites for hydroxylation is 1. The Bertz CT molecular complexity index is 562. The monoisotopic (exact) mass is 278 g/mol. The number of aromatic amines is 1. The molecule has 0 atom stereocenters. The molecule has 0 radical (unpaired) electrons. The Kier molecular flexibility index (Phi) is 4.30. The predicted octanol–water partition coefficient (Wildman–Crippen LogP) is 1.40. The van der Waals surface area contributed by atoms with Crippen molar-refractivity contribution >= 4 is 29.0 Å². The van der Waals surface area contributed by atoms with E-state index in [1.54, 1.807) is 18.3 Å².